The Morgan fingerprint density at radius 1 is 0.500 bits per heavy atom. The van der Waals surface area contributed by atoms with E-state index in [0.29, 0.717) is 36.8 Å². The van der Waals surface area contributed by atoms with Crippen LogP contribution in [0.25, 0.3) is 0 Å². The van der Waals surface area contributed by atoms with Gasteiger partial charge in [0, 0.05) is 35.2 Å². The molecular formula is C48H60N2O8S2. The summed E-state index contributed by atoms with van der Waals surface area (Å²) in [6.45, 7) is 8.59. The Balaban J connectivity index is 1.56. The van der Waals surface area contributed by atoms with Gasteiger partial charge in [-0.15, -0.1) is 0 Å². The molecule has 0 bridgehead atoms. The normalized spacial score (nSPS) is 15.3. The number of hydrogen-bond acceptors (Lipinski definition) is 8. The molecule has 0 spiro atoms. The Labute approximate surface area is 362 Å². The zero-order valence-electron chi connectivity index (χ0n) is 34.9. The quantitative estimate of drug-likeness (QED) is 0.0354. The van der Waals surface area contributed by atoms with Gasteiger partial charge >= 0.3 is 11.9 Å². The van der Waals surface area contributed by atoms with Crippen LogP contribution >= 0.6 is 21.6 Å². The van der Waals surface area contributed by atoms with Crippen LogP contribution in [0.1, 0.15) is 75.6 Å². The standard InChI is InChI=1S/C48H60N2O8S2/c1-5-31(3)43(29-37(25-33-13-9-7-10-14-33)45(53)49-41(47(55)56)27-35-17-21-39(51)22-18-35)59-60-44(32(4)6-2)30-38(26-34-15-11-8-12-16-34)46(54)50-42(48(57)58)28-36-19-23-40(52)24-20-36/h7-24,31-32,37-38,41-44,51-52H,5-6,25-30H2,1-4H3,(H,49,53)(H,50,54)(H,55,56)(H,57,58)/t31?,32?,37?,38?,41-,42-,43?,44?/m0/s1. The molecule has 60 heavy (non-hydrogen) atoms. The van der Waals surface area contributed by atoms with Crippen LogP contribution in [0.4, 0.5) is 0 Å². The van der Waals surface area contributed by atoms with Crippen molar-refractivity contribution in [2.24, 2.45) is 23.7 Å². The van der Waals surface area contributed by atoms with Gasteiger partial charge in [0.05, 0.1) is 0 Å². The van der Waals surface area contributed by atoms with Crippen molar-refractivity contribution in [3.05, 3.63) is 131 Å². The molecule has 4 rings (SSSR count). The molecule has 0 saturated heterocycles. The lowest BCUT2D eigenvalue weighted by Crippen LogP contribution is -2.46. The molecule has 0 aliphatic rings. The van der Waals surface area contributed by atoms with Gasteiger partial charge in [-0.3, -0.25) is 9.59 Å². The van der Waals surface area contributed by atoms with Gasteiger partial charge in [-0.25, -0.2) is 9.59 Å². The molecule has 322 valence electrons. The summed E-state index contributed by atoms with van der Waals surface area (Å²) in [4.78, 5) is 53.2. The Kier molecular flexibility index (Phi) is 19.4. The van der Waals surface area contributed by atoms with Crippen molar-refractivity contribution in [3.63, 3.8) is 0 Å². The van der Waals surface area contributed by atoms with E-state index in [1.165, 1.54) is 24.3 Å². The van der Waals surface area contributed by atoms with E-state index in [0.717, 1.165) is 24.0 Å². The number of aliphatic carboxylic acids is 2. The number of nitrogens with one attached hydrogen (secondary N) is 2. The monoisotopic (exact) mass is 856 g/mol. The average molecular weight is 857 g/mol. The van der Waals surface area contributed by atoms with Crippen molar-refractivity contribution in [1.82, 2.24) is 10.6 Å². The van der Waals surface area contributed by atoms with E-state index in [2.05, 4.69) is 38.3 Å². The molecule has 0 aliphatic carbocycles. The van der Waals surface area contributed by atoms with Gasteiger partial charge in [0.25, 0.3) is 0 Å². The number of phenols is 2. The lowest BCUT2D eigenvalue weighted by atomic mass is 9.89. The highest BCUT2D eigenvalue weighted by atomic mass is 33.1. The molecule has 0 fully saturated rings. The zero-order chi connectivity index (χ0) is 43.6. The number of hydrogen-bond donors (Lipinski definition) is 6. The summed E-state index contributed by atoms with van der Waals surface area (Å²) in [5, 5.41) is 45.5. The second kappa shape index (κ2) is 24.3. The second-order valence-corrected chi connectivity index (χ2v) is 18.6. The minimum absolute atomic E-state index is 0.00879. The van der Waals surface area contributed by atoms with Crippen molar-refractivity contribution in [3.8, 4) is 11.5 Å². The van der Waals surface area contributed by atoms with Crippen LogP contribution in [-0.2, 0) is 44.9 Å². The number of rotatable bonds is 25. The van der Waals surface area contributed by atoms with Crippen LogP contribution < -0.4 is 10.6 Å². The van der Waals surface area contributed by atoms with E-state index in [9.17, 15) is 39.6 Å². The number of carbonyl (C=O) groups is 4. The van der Waals surface area contributed by atoms with Gasteiger partial charge in [0.15, 0.2) is 0 Å². The smallest absolute Gasteiger partial charge is 0.326 e. The first-order valence-electron chi connectivity index (χ1n) is 20.8. The lowest BCUT2D eigenvalue weighted by Gasteiger charge is -2.31. The van der Waals surface area contributed by atoms with Gasteiger partial charge < -0.3 is 31.1 Å². The van der Waals surface area contributed by atoms with Crippen LogP contribution in [-0.4, -0.2) is 66.8 Å². The number of carboxylic acid groups (broad SMARTS) is 2. The topological polar surface area (TPSA) is 173 Å². The van der Waals surface area contributed by atoms with Gasteiger partial charge in [-0.2, -0.15) is 0 Å². The fourth-order valence-corrected chi connectivity index (χ4v) is 11.2. The number of phenolic OH excluding ortho intramolecular Hbond substituents is 2. The molecule has 0 saturated carbocycles. The van der Waals surface area contributed by atoms with Gasteiger partial charge in [0.2, 0.25) is 11.8 Å². The summed E-state index contributed by atoms with van der Waals surface area (Å²) in [7, 11) is 3.45. The summed E-state index contributed by atoms with van der Waals surface area (Å²) in [6, 6.07) is 29.7. The first kappa shape index (κ1) is 47.7. The van der Waals surface area contributed by atoms with Crippen LogP contribution in [0.2, 0.25) is 0 Å². The molecule has 0 aliphatic heterocycles. The zero-order valence-corrected chi connectivity index (χ0v) is 36.5. The minimum atomic E-state index is -1.16. The molecule has 4 aromatic rings. The molecule has 2 amide bonds. The highest BCUT2D eigenvalue weighted by Gasteiger charge is 2.34. The van der Waals surface area contributed by atoms with Gasteiger partial charge in [-0.1, -0.05) is 147 Å². The molecular weight excluding hydrogens is 797 g/mol. The van der Waals surface area contributed by atoms with E-state index in [4.69, 9.17) is 0 Å². The van der Waals surface area contributed by atoms with Crippen molar-refractivity contribution < 1.29 is 39.6 Å². The van der Waals surface area contributed by atoms with Gasteiger partial charge in [0.1, 0.15) is 23.6 Å². The van der Waals surface area contributed by atoms with E-state index in [1.807, 2.05) is 60.7 Å². The maximum absolute atomic E-state index is 14.2. The fraction of sp³-hybridized carbons (Fsp3) is 0.417. The first-order valence-corrected chi connectivity index (χ1v) is 23.1. The summed E-state index contributed by atoms with van der Waals surface area (Å²) in [5.41, 5.74) is 3.30. The largest absolute Gasteiger partial charge is 0.508 e. The number of aromatic hydroxyl groups is 2. The summed E-state index contributed by atoms with van der Waals surface area (Å²) >= 11 is 0. The fourth-order valence-electron chi connectivity index (χ4n) is 7.04. The molecule has 12 heteroatoms. The van der Waals surface area contributed by atoms with Crippen LogP contribution in [0.15, 0.2) is 109 Å². The second-order valence-electron chi connectivity index (χ2n) is 15.8. The third kappa shape index (κ3) is 15.6. The van der Waals surface area contributed by atoms with E-state index >= 15 is 0 Å². The van der Waals surface area contributed by atoms with Crippen molar-refractivity contribution in [2.45, 2.75) is 102 Å². The van der Waals surface area contributed by atoms with E-state index in [-0.39, 0.29) is 58.5 Å². The number of amides is 2. The van der Waals surface area contributed by atoms with E-state index < -0.39 is 35.9 Å². The first-order chi connectivity index (χ1) is 28.8. The molecule has 4 aromatic carbocycles. The van der Waals surface area contributed by atoms with E-state index in [1.54, 1.807) is 45.9 Å². The summed E-state index contributed by atoms with van der Waals surface area (Å²) in [6.07, 6.45) is 3.71. The molecule has 10 nitrogen and oxygen atoms in total. The van der Waals surface area contributed by atoms with Crippen LogP contribution in [0, 0.1) is 23.7 Å². The van der Waals surface area contributed by atoms with Crippen molar-refractivity contribution in [1.29, 1.82) is 0 Å². The highest BCUT2D eigenvalue weighted by molar-refractivity contribution is 8.77. The Bertz CT molecular complexity index is 1790. The third-order valence-electron chi connectivity index (χ3n) is 11.3. The average Bonchev–Trinajstić information content (AvgIpc) is 3.24. The van der Waals surface area contributed by atoms with Crippen molar-refractivity contribution in [2.75, 3.05) is 0 Å². The number of carbonyl (C=O) groups excluding carboxylic acids is 2. The lowest BCUT2D eigenvalue weighted by molar-refractivity contribution is -0.142. The minimum Gasteiger partial charge on any atom is -0.508 e. The molecule has 0 aromatic heterocycles. The molecule has 8 atom stereocenters. The Morgan fingerprint density at radius 3 is 1.12 bits per heavy atom. The summed E-state index contributed by atoms with van der Waals surface area (Å²) < 4.78 is 0. The molecule has 0 heterocycles. The highest BCUT2D eigenvalue weighted by Crippen LogP contribution is 2.44. The SMILES string of the molecule is CCC(C)C(CC(Cc1ccccc1)C(=O)N[C@@H](Cc1ccc(O)cc1)C(=O)O)SSC(CC(Cc1ccccc1)C(=O)N[C@@H](Cc1ccc(O)cc1)C(=O)O)C(C)CC. The predicted octanol–water partition coefficient (Wildman–Crippen LogP) is 8.73. The van der Waals surface area contributed by atoms with Crippen molar-refractivity contribution >= 4 is 45.3 Å². The van der Waals surface area contributed by atoms with Crippen LogP contribution in [0.3, 0.4) is 0 Å². The maximum atomic E-state index is 14.2. The van der Waals surface area contributed by atoms with Gasteiger partial charge in [-0.05, 0) is 84.0 Å². The maximum Gasteiger partial charge on any atom is 0.326 e. The number of benzene rings is 4. The third-order valence-corrected chi connectivity index (χ3v) is 15.0. The molecule has 6 N–H and O–H groups in total. The Morgan fingerprint density at radius 2 is 0.817 bits per heavy atom. The molecule has 6 unspecified atom stereocenters. The predicted molar refractivity (Wildman–Crippen MR) is 241 cm³/mol. The number of carboxylic acids is 2. The molecule has 0 radical (unpaired) electrons. The van der Waals surface area contributed by atoms with Crippen LogP contribution in [0.5, 0.6) is 11.5 Å². The Hall–Kier alpha value is -4.94. The summed E-state index contributed by atoms with van der Waals surface area (Å²) in [5.74, 6) is -3.44.